The molecule has 4 rings (SSSR count). The highest BCUT2D eigenvalue weighted by Crippen LogP contribution is 2.32. The van der Waals surface area contributed by atoms with Gasteiger partial charge in [-0.2, -0.15) is 4.31 Å². The molecule has 0 saturated carbocycles. The zero-order chi connectivity index (χ0) is 32.2. The minimum atomic E-state index is -4.01. The third-order valence-electron chi connectivity index (χ3n) is 7.49. The number of nitrogens with one attached hydrogen (secondary N) is 1. The maximum atomic E-state index is 13.7. The number of aliphatic hydroxyl groups is 1. The van der Waals surface area contributed by atoms with Gasteiger partial charge >= 0.3 is 0 Å². The van der Waals surface area contributed by atoms with Crippen molar-refractivity contribution in [2.24, 2.45) is 5.92 Å². The van der Waals surface area contributed by atoms with Crippen molar-refractivity contribution < 1.29 is 40.9 Å². The van der Waals surface area contributed by atoms with E-state index in [2.05, 4.69) is 4.72 Å². The lowest BCUT2D eigenvalue weighted by Gasteiger charge is -2.38. The molecule has 1 aliphatic heterocycles. The van der Waals surface area contributed by atoms with E-state index in [0.717, 1.165) is 0 Å². The fourth-order valence-electron chi connectivity index (χ4n) is 4.75. The van der Waals surface area contributed by atoms with Gasteiger partial charge < -0.3 is 24.2 Å². The molecule has 14 heteroatoms. The summed E-state index contributed by atoms with van der Waals surface area (Å²) < 4.78 is 73.1. The van der Waals surface area contributed by atoms with Crippen molar-refractivity contribution in [2.75, 3.05) is 45.7 Å². The van der Waals surface area contributed by atoms with Gasteiger partial charge in [0, 0.05) is 25.2 Å². The molecular formula is C30H37N3O9S2. The molecule has 1 amide bonds. The first kappa shape index (κ1) is 33.1. The number of methoxy groups -OCH3 is 2. The number of fused-ring (bicyclic) bond motifs is 1. The van der Waals surface area contributed by atoms with Crippen LogP contribution in [0.25, 0.3) is 0 Å². The molecule has 2 N–H and O–H groups in total. The number of carbonyl (C=O) groups is 1. The standard InChI is InChI=1S/C30H37N3O9S2/c1-20-17-33(21(2)19-34)30(35)27-16-22(31-43(36,37)25-11-7-23(40-4)8-12-25)6-15-28(27)42-29(20)18-32(3)44(38,39)26-13-9-24(41-5)10-14-26/h6-16,20-21,29,31,34H,17-19H2,1-5H3/t20-,21+,29-/m1/s1. The van der Waals surface area contributed by atoms with Crippen LogP contribution in [-0.4, -0.2) is 90.2 Å². The Morgan fingerprint density at radius 2 is 1.55 bits per heavy atom. The predicted octanol–water partition coefficient (Wildman–Crippen LogP) is 3.05. The molecule has 3 atom stereocenters. The average Bonchev–Trinajstić information content (AvgIpc) is 3.02. The van der Waals surface area contributed by atoms with Crippen molar-refractivity contribution in [3.8, 4) is 17.2 Å². The van der Waals surface area contributed by atoms with Gasteiger partial charge in [-0.15, -0.1) is 0 Å². The predicted molar refractivity (Wildman–Crippen MR) is 164 cm³/mol. The second kappa shape index (κ2) is 13.4. The highest BCUT2D eigenvalue weighted by molar-refractivity contribution is 7.92. The normalized spacial score (nSPS) is 18.1. The van der Waals surface area contributed by atoms with E-state index in [1.165, 1.54) is 85.1 Å². The second-order valence-electron chi connectivity index (χ2n) is 10.6. The molecule has 238 valence electrons. The molecule has 0 aliphatic carbocycles. The van der Waals surface area contributed by atoms with Gasteiger partial charge in [0.25, 0.3) is 15.9 Å². The lowest BCUT2D eigenvalue weighted by molar-refractivity contribution is 0.0387. The Morgan fingerprint density at radius 1 is 0.977 bits per heavy atom. The van der Waals surface area contributed by atoms with E-state index in [1.807, 2.05) is 6.92 Å². The zero-order valence-electron chi connectivity index (χ0n) is 25.1. The van der Waals surface area contributed by atoms with E-state index in [9.17, 15) is 26.7 Å². The van der Waals surface area contributed by atoms with Crippen LogP contribution in [0.5, 0.6) is 17.2 Å². The number of ether oxygens (including phenoxy) is 3. The molecule has 1 heterocycles. The summed E-state index contributed by atoms with van der Waals surface area (Å²) in [5.74, 6) is 0.370. The van der Waals surface area contributed by atoms with Gasteiger partial charge in [-0.25, -0.2) is 16.8 Å². The zero-order valence-corrected chi connectivity index (χ0v) is 26.8. The number of aliphatic hydroxyl groups excluding tert-OH is 1. The number of nitrogens with zero attached hydrogens (tertiary/aromatic N) is 2. The van der Waals surface area contributed by atoms with E-state index < -0.39 is 38.1 Å². The Labute approximate surface area is 258 Å². The van der Waals surface area contributed by atoms with Gasteiger partial charge in [-0.05, 0) is 73.7 Å². The number of hydrogen-bond donors (Lipinski definition) is 2. The maximum absolute atomic E-state index is 13.7. The van der Waals surface area contributed by atoms with Crippen LogP contribution < -0.4 is 18.9 Å². The lowest BCUT2D eigenvalue weighted by Crippen LogP contribution is -2.50. The van der Waals surface area contributed by atoms with Crippen molar-refractivity contribution in [2.45, 2.75) is 35.8 Å². The molecule has 44 heavy (non-hydrogen) atoms. The van der Waals surface area contributed by atoms with Crippen molar-refractivity contribution in [1.29, 1.82) is 0 Å². The van der Waals surface area contributed by atoms with Crippen LogP contribution in [-0.2, 0) is 20.0 Å². The van der Waals surface area contributed by atoms with Crippen molar-refractivity contribution >= 4 is 31.6 Å². The molecular weight excluding hydrogens is 610 g/mol. The Bertz CT molecular complexity index is 1680. The van der Waals surface area contributed by atoms with Crippen molar-refractivity contribution in [3.05, 3.63) is 72.3 Å². The SMILES string of the molecule is COc1ccc(S(=O)(=O)Nc2ccc3c(c2)C(=O)N([C@@H](C)CO)C[C@@H](C)[C@@H](CN(C)S(=O)(=O)c2ccc(OC)cc2)O3)cc1. The van der Waals surface area contributed by atoms with Gasteiger partial charge in [0.2, 0.25) is 10.0 Å². The van der Waals surface area contributed by atoms with Crippen LogP contribution in [0.4, 0.5) is 5.69 Å². The first-order chi connectivity index (χ1) is 20.8. The molecule has 1 aliphatic rings. The highest BCUT2D eigenvalue weighted by Gasteiger charge is 2.35. The molecule has 0 bridgehead atoms. The van der Waals surface area contributed by atoms with Crippen molar-refractivity contribution in [3.63, 3.8) is 0 Å². The summed E-state index contributed by atoms with van der Waals surface area (Å²) in [7, 11) is -3.49. The number of anilines is 1. The maximum Gasteiger partial charge on any atom is 0.261 e. The van der Waals surface area contributed by atoms with E-state index in [4.69, 9.17) is 14.2 Å². The molecule has 0 spiro atoms. The molecule has 0 saturated heterocycles. The van der Waals surface area contributed by atoms with Crippen LogP contribution in [0.15, 0.2) is 76.5 Å². The third kappa shape index (κ3) is 7.09. The van der Waals surface area contributed by atoms with Crippen molar-refractivity contribution in [1.82, 2.24) is 9.21 Å². The van der Waals surface area contributed by atoms with E-state index in [1.54, 1.807) is 19.1 Å². The van der Waals surface area contributed by atoms with Gasteiger partial charge in [0.15, 0.2) is 0 Å². The Balaban J connectivity index is 1.66. The van der Waals surface area contributed by atoms with Gasteiger partial charge in [-0.1, -0.05) is 6.92 Å². The Morgan fingerprint density at radius 3 is 2.09 bits per heavy atom. The van der Waals surface area contributed by atoms with Crippen LogP contribution in [0.1, 0.15) is 24.2 Å². The second-order valence-corrected chi connectivity index (χ2v) is 14.3. The summed E-state index contributed by atoms with van der Waals surface area (Å²) in [5.41, 5.74) is 0.190. The molecule has 0 unspecified atom stereocenters. The summed E-state index contributed by atoms with van der Waals surface area (Å²) in [4.78, 5) is 15.3. The average molecular weight is 648 g/mol. The minimum absolute atomic E-state index is 0.00172. The first-order valence-electron chi connectivity index (χ1n) is 13.8. The quantitative estimate of drug-likeness (QED) is 0.320. The summed E-state index contributed by atoms with van der Waals surface area (Å²) in [5, 5.41) is 9.93. The van der Waals surface area contributed by atoms with Gasteiger partial charge in [0.1, 0.15) is 23.4 Å². The van der Waals surface area contributed by atoms with Crippen LogP contribution >= 0.6 is 0 Å². The monoisotopic (exact) mass is 647 g/mol. The Kier molecular flexibility index (Phi) is 10.1. The summed E-state index contributed by atoms with van der Waals surface area (Å²) in [6.45, 7) is 3.33. The summed E-state index contributed by atoms with van der Waals surface area (Å²) in [6.07, 6.45) is -0.699. The number of likely N-dealkylation sites (N-methyl/N-ethyl adjacent to an activating group) is 1. The smallest absolute Gasteiger partial charge is 0.261 e. The summed E-state index contributed by atoms with van der Waals surface area (Å²) >= 11 is 0. The largest absolute Gasteiger partial charge is 0.497 e. The molecule has 12 nitrogen and oxygen atoms in total. The minimum Gasteiger partial charge on any atom is -0.497 e. The number of hydrogen-bond acceptors (Lipinski definition) is 9. The molecule has 0 fully saturated rings. The van der Waals surface area contributed by atoms with E-state index >= 15 is 0 Å². The number of carbonyl (C=O) groups excluding carboxylic acids is 1. The number of benzene rings is 3. The van der Waals surface area contributed by atoms with Crippen LogP contribution in [0.2, 0.25) is 0 Å². The fraction of sp³-hybridized carbons (Fsp3) is 0.367. The van der Waals surface area contributed by atoms with Gasteiger partial charge in [-0.3, -0.25) is 9.52 Å². The van der Waals surface area contributed by atoms with Crippen LogP contribution in [0, 0.1) is 5.92 Å². The molecule has 3 aromatic carbocycles. The Hall–Kier alpha value is -3.85. The lowest BCUT2D eigenvalue weighted by atomic mass is 9.99. The number of rotatable bonds is 11. The van der Waals surface area contributed by atoms with E-state index in [-0.39, 0.29) is 52.4 Å². The molecule has 0 aromatic heterocycles. The molecule has 0 radical (unpaired) electrons. The summed E-state index contributed by atoms with van der Waals surface area (Å²) in [6, 6.07) is 15.6. The first-order valence-corrected chi connectivity index (χ1v) is 16.7. The van der Waals surface area contributed by atoms with Crippen LogP contribution in [0.3, 0.4) is 0 Å². The highest BCUT2D eigenvalue weighted by atomic mass is 32.2. The fourth-order valence-corrected chi connectivity index (χ4v) is 6.98. The molecule has 3 aromatic rings. The third-order valence-corrected chi connectivity index (χ3v) is 10.7. The topological polar surface area (TPSA) is 152 Å². The van der Waals surface area contributed by atoms with Gasteiger partial charge in [0.05, 0.1) is 48.8 Å². The van der Waals surface area contributed by atoms with E-state index in [0.29, 0.717) is 11.5 Å². The number of amides is 1. The number of sulfonamides is 2.